The molecule has 0 N–H and O–H groups in total. The van der Waals surface area contributed by atoms with Crippen LogP contribution in [0.4, 0.5) is 0 Å². The van der Waals surface area contributed by atoms with Crippen LogP contribution in [0.1, 0.15) is 0 Å². The maximum Gasteiger partial charge on any atom is 0.164 e. The summed E-state index contributed by atoms with van der Waals surface area (Å²) >= 11 is 0. The van der Waals surface area contributed by atoms with Crippen LogP contribution in [-0.2, 0) is 0 Å². The van der Waals surface area contributed by atoms with Crippen molar-refractivity contribution in [3.05, 3.63) is 51.1 Å². The summed E-state index contributed by atoms with van der Waals surface area (Å²) in [5, 5.41) is 4.10. The van der Waals surface area contributed by atoms with Crippen molar-refractivity contribution in [1.82, 2.24) is 19.6 Å². The van der Waals surface area contributed by atoms with E-state index in [0.717, 1.165) is 0 Å². The molecule has 1 fully saturated rings. The van der Waals surface area contributed by atoms with E-state index in [4.69, 9.17) is 0 Å². The van der Waals surface area contributed by atoms with Crippen LogP contribution in [0, 0.1) is 0 Å². The number of nitrogens with zero attached hydrogens (tertiary/aromatic N) is 4. The van der Waals surface area contributed by atoms with Crippen molar-refractivity contribution in [2.45, 2.75) is 26.2 Å². The minimum Gasteiger partial charge on any atom is -0.313 e. The Bertz CT molecular complexity index is 410. The zero-order chi connectivity index (χ0) is 15.6. The predicted octanol–water partition coefficient (Wildman–Crippen LogP) is 1.18. The third-order valence-electron chi connectivity index (χ3n) is 4.60. The van der Waals surface area contributed by atoms with E-state index in [1.807, 2.05) is 29.9 Å². The second kappa shape index (κ2) is 6.20. The first-order chi connectivity index (χ1) is 9.26. The maximum atomic E-state index is 4.05. The first kappa shape index (κ1) is 17.1. The number of hydrogen-bond acceptors (Lipinski definition) is 4. The van der Waals surface area contributed by atoms with Crippen molar-refractivity contribution in [3.63, 3.8) is 0 Å². The lowest BCUT2D eigenvalue weighted by Crippen LogP contribution is -2.76. The minimum absolute atomic E-state index is 0.0413. The van der Waals surface area contributed by atoms with Crippen LogP contribution >= 0.6 is 0 Å². The van der Waals surface area contributed by atoms with Crippen LogP contribution in [0.5, 0.6) is 0 Å². The van der Waals surface area contributed by atoms with E-state index in [0.29, 0.717) is 0 Å². The average molecular weight is 341 g/mol. The smallest absolute Gasteiger partial charge is 0.164 e. The van der Waals surface area contributed by atoms with Crippen LogP contribution in [0.15, 0.2) is 51.1 Å². The highest BCUT2D eigenvalue weighted by atomic mass is 29.8. The Morgan fingerprint density at radius 3 is 1.75 bits per heavy atom. The van der Waals surface area contributed by atoms with E-state index in [1.165, 1.54) is 0 Å². The van der Waals surface area contributed by atoms with Crippen molar-refractivity contribution in [2.75, 3.05) is 0 Å². The molecule has 1 rings (SSSR count). The van der Waals surface area contributed by atoms with Gasteiger partial charge in [0, 0.05) is 33.4 Å². The fourth-order valence-corrected chi connectivity index (χ4v) is 47.6. The summed E-state index contributed by atoms with van der Waals surface area (Å²) in [5.74, 6) is 0. The van der Waals surface area contributed by atoms with Gasteiger partial charge in [-0.1, -0.05) is 52.5 Å². The zero-order valence-corrected chi connectivity index (χ0v) is 18.2. The normalized spacial score (nSPS) is 24.2. The molecule has 0 spiro atoms. The topological polar surface area (TPSA) is 13.0 Å². The Morgan fingerprint density at radius 2 is 1.35 bits per heavy atom. The molecular weight excluding hydrogens is 313 g/mol. The molecule has 1 aliphatic heterocycles. The molecule has 0 atom stereocenters. The standard InChI is InChI=1S/C12H28N4Si4/c1-9-13-14(10-2)16(12-4)19(5,6)20(7,8)18-17-15(13)11-3/h9-12H,1-4,17-18H2,5-8H3. The predicted molar refractivity (Wildman–Crippen MR) is 100 cm³/mol. The monoisotopic (exact) mass is 340 g/mol. The first-order valence-corrected chi connectivity index (χ1v) is 20.8. The average Bonchev–Trinajstić information content (AvgIpc) is 2.39. The van der Waals surface area contributed by atoms with Gasteiger partial charge < -0.3 is 9.35 Å². The summed E-state index contributed by atoms with van der Waals surface area (Å²) in [6.45, 7) is 26.1. The molecule has 112 valence electrons. The molecule has 0 aromatic heterocycles. The van der Waals surface area contributed by atoms with Crippen molar-refractivity contribution >= 4 is 32.6 Å². The molecule has 0 bridgehead atoms. The first-order valence-electron chi connectivity index (χ1n) is 6.91. The highest BCUT2D eigenvalue weighted by Crippen LogP contribution is 2.28. The second-order valence-corrected chi connectivity index (χ2v) is 37.5. The molecule has 20 heavy (non-hydrogen) atoms. The fraction of sp³-hybridized carbons (Fsp3) is 0.333. The largest absolute Gasteiger partial charge is 0.313 e. The number of hydrogen-bond donors (Lipinski definition) is 0. The minimum atomic E-state index is -1.56. The van der Waals surface area contributed by atoms with Gasteiger partial charge in [-0.05, 0) is 0 Å². The van der Waals surface area contributed by atoms with Gasteiger partial charge in [0.25, 0.3) is 0 Å². The molecule has 0 aromatic rings. The Morgan fingerprint density at radius 1 is 0.800 bits per heavy atom. The maximum absolute atomic E-state index is 4.05. The molecule has 0 radical (unpaired) electrons. The van der Waals surface area contributed by atoms with Crippen LogP contribution in [0.2, 0.25) is 26.2 Å². The Kier molecular flexibility index (Phi) is 5.30. The summed E-state index contributed by atoms with van der Waals surface area (Å²) in [4.78, 5) is 0. The SMILES string of the molecule is C=CN1[SiH2][SiH2][Si](C)(C)[Si](C)(C)N(C=C)N(C=C)N1C=C. The summed E-state index contributed by atoms with van der Waals surface area (Å²) in [5.41, 5.74) is 0. The Balaban J connectivity index is 3.38. The molecule has 4 nitrogen and oxygen atoms in total. The fourth-order valence-electron chi connectivity index (χ4n) is 2.43. The molecule has 1 aliphatic rings. The molecule has 1 heterocycles. The molecular formula is C12H28N4Si4. The second-order valence-electron chi connectivity index (χ2n) is 6.07. The van der Waals surface area contributed by atoms with E-state index in [1.54, 1.807) is 0 Å². The third kappa shape index (κ3) is 2.73. The molecule has 1 saturated heterocycles. The summed E-state index contributed by atoms with van der Waals surface area (Å²) in [6, 6.07) is 0. The van der Waals surface area contributed by atoms with Gasteiger partial charge in [0.1, 0.15) is 9.20 Å². The number of rotatable bonds is 4. The summed E-state index contributed by atoms with van der Waals surface area (Å²) < 4.78 is 4.61. The van der Waals surface area contributed by atoms with E-state index in [2.05, 4.69) is 67.0 Å². The Hall–Kier alpha value is -0.972. The third-order valence-corrected chi connectivity index (χ3v) is 56.1. The van der Waals surface area contributed by atoms with Gasteiger partial charge in [-0.3, -0.25) is 0 Å². The van der Waals surface area contributed by atoms with Crippen molar-refractivity contribution < 1.29 is 0 Å². The zero-order valence-electron chi connectivity index (χ0n) is 13.3. The van der Waals surface area contributed by atoms with Crippen LogP contribution < -0.4 is 0 Å². The highest BCUT2D eigenvalue weighted by molar-refractivity contribution is 7.67. The number of hydrazine groups is 3. The van der Waals surface area contributed by atoms with Gasteiger partial charge in [0.2, 0.25) is 0 Å². The van der Waals surface area contributed by atoms with E-state index < -0.39 is 14.9 Å². The van der Waals surface area contributed by atoms with Crippen LogP contribution in [0.3, 0.4) is 0 Å². The van der Waals surface area contributed by atoms with Gasteiger partial charge in [0.05, 0.1) is 7.11 Å². The van der Waals surface area contributed by atoms with Gasteiger partial charge in [-0.25, -0.2) is 0 Å². The lowest BCUT2D eigenvalue weighted by molar-refractivity contribution is -0.120. The summed E-state index contributed by atoms with van der Waals surface area (Å²) in [6.07, 6.45) is 7.58. The van der Waals surface area contributed by atoms with Gasteiger partial charge in [-0.2, -0.15) is 10.2 Å². The lowest BCUT2D eigenvalue weighted by Gasteiger charge is -2.56. The lowest BCUT2D eigenvalue weighted by atomic mass is 10.9. The van der Waals surface area contributed by atoms with Crippen molar-refractivity contribution in [2.24, 2.45) is 0 Å². The molecule has 0 unspecified atom stereocenters. The molecule has 0 amide bonds. The molecule has 0 saturated carbocycles. The van der Waals surface area contributed by atoms with Gasteiger partial charge in [-0.15, -0.1) is 0 Å². The van der Waals surface area contributed by atoms with Crippen molar-refractivity contribution in [1.29, 1.82) is 0 Å². The van der Waals surface area contributed by atoms with Gasteiger partial charge in [0.15, 0.2) is 7.75 Å². The highest BCUT2D eigenvalue weighted by Gasteiger charge is 2.49. The molecule has 0 aromatic carbocycles. The van der Waals surface area contributed by atoms with E-state index in [-0.39, 0.29) is 17.8 Å². The van der Waals surface area contributed by atoms with Gasteiger partial charge >= 0.3 is 0 Å². The van der Waals surface area contributed by atoms with E-state index >= 15 is 0 Å². The molecule has 8 heteroatoms. The van der Waals surface area contributed by atoms with E-state index in [9.17, 15) is 0 Å². The Labute approximate surface area is 129 Å². The van der Waals surface area contributed by atoms with Crippen LogP contribution in [-0.4, -0.2) is 52.2 Å². The quantitative estimate of drug-likeness (QED) is 0.713. The van der Waals surface area contributed by atoms with Crippen molar-refractivity contribution in [3.8, 4) is 0 Å². The molecule has 0 aliphatic carbocycles. The van der Waals surface area contributed by atoms with Crippen LogP contribution in [0.25, 0.3) is 0 Å². The summed E-state index contributed by atoms with van der Waals surface area (Å²) in [7, 11) is -3.07.